The first-order chi connectivity index (χ1) is 7.63. The fourth-order valence-electron chi connectivity index (χ4n) is 1.49. The fourth-order valence-corrected chi connectivity index (χ4v) is 2.40. The Labute approximate surface area is 102 Å². The van der Waals surface area contributed by atoms with Gasteiger partial charge in [0.25, 0.3) is 0 Å². The third-order valence-corrected chi connectivity index (χ3v) is 3.46. The van der Waals surface area contributed by atoms with Crippen molar-refractivity contribution in [2.75, 3.05) is 6.61 Å². The second-order valence-electron chi connectivity index (χ2n) is 4.40. The van der Waals surface area contributed by atoms with Crippen LogP contribution in [-0.2, 0) is 9.53 Å². The molecule has 1 heterocycles. The molecule has 90 valence electrons. The normalized spacial score (nSPS) is 12.8. The monoisotopic (exact) mass is 240 g/mol. The first-order valence-electron chi connectivity index (χ1n) is 5.82. The van der Waals surface area contributed by atoms with Crippen molar-refractivity contribution in [1.82, 2.24) is 0 Å². The van der Waals surface area contributed by atoms with Gasteiger partial charge in [-0.05, 0) is 23.8 Å². The summed E-state index contributed by atoms with van der Waals surface area (Å²) in [6.07, 6.45) is 1.49. The summed E-state index contributed by atoms with van der Waals surface area (Å²) in [4.78, 5) is 12.9. The van der Waals surface area contributed by atoms with Crippen LogP contribution in [0.15, 0.2) is 17.5 Å². The van der Waals surface area contributed by atoms with E-state index in [1.807, 2.05) is 19.9 Å². The number of carbonyl (C=O) groups excluding carboxylic acids is 1. The topological polar surface area (TPSA) is 26.3 Å². The average molecular weight is 240 g/mol. The Kier molecular flexibility index (Phi) is 5.53. The summed E-state index contributed by atoms with van der Waals surface area (Å²) in [6, 6.07) is 4.12. The fraction of sp³-hybridized carbons (Fsp3) is 0.615. The van der Waals surface area contributed by atoms with Crippen LogP contribution < -0.4 is 0 Å². The van der Waals surface area contributed by atoms with Crippen molar-refractivity contribution in [1.29, 1.82) is 0 Å². The van der Waals surface area contributed by atoms with Crippen LogP contribution in [0.4, 0.5) is 0 Å². The Morgan fingerprint density at radius 2 is 2.25 bits per heavy atom. The van der Waals surface area contributed by atoms with Crippen LogP contribution in [0.25, 0.3) is 0 Å². The zero-order valence-corrected chi connectivity index (χ0v) is 11.0. The molecule has 0 fully saturated rings. The first kappa shape index (κ1) is 13.2. The smallest absolute Gasteiger partial charge is 0.306 e. The molecule has 2 nitrogen and oxygen atoms in total. The lowest BCUT2D eigenvalue weighted by Crippen LogP contribution is -2.12. The van der Waals surface area contributed by atoms with E-state index in [1.54, 1.807) is 11.3 Å². The lowest BCUT2D eigenvalue weighted by Gasteiger charge is -2.13. The Balaban J connectivity index is 2.42. The van der Waals surface area contributed by atoms with Crippen LogP contribution in [0.1, 0.15) is 44.4 Å². The van der Waals surface area contributed by atoms with E-state index in [1.165, 1.54) is 4.88 Å². The summed E-state index contributed by atoms with van der Waals surface area (Å²) in [7, 11) is 0. The highest BCUT2D eigenvalue weighted by Gasteiger charge is 2.16. The zero-order chi connectivity index (χ0) is 12.0. The largest absolute Gasteiger partial charge is 0.465 e. The van der Waals surface area contributed by atoms with E-state index in [2.05, 4.69) is 18.4 Å². The number of rotatable bonds is 6. The maximum atomic E-state index is 11.6. The van der Waals surface area contributed by atoms with Gasteiger partial charge in [0.15, 0.2) is 0 Å². The van der Waals surface area contributed by atoms with Crippen LogP contribution in [0, 0.1) is 5.92 Å². The predicted molar refractivity (Wildman–Crippen MR) is 67.8 cm³/mol. The molecule has 0 aliphatic carbocycles. The van der Waals surface area contributed by atoms with E-state index >= 15 is 0 Å². The van der Waals surface area contributed by atoms with Gasteiger partial charge in [0.05, 0.1) is 13.0 Å². The molecule has 0 amide bonds. The standard InChI is InChI=1S/C13H20O2S/c1-4-11(12-6-5-7-16-12)8-13(14)15-9-10(2)3/h5-7,10-11H,4,8-9H2,1-3H3. The van der Waals surface area contributed by atoms with Crippen molar-refractivity contribution >= 4 is 17.3 Å². The summed E-state index contributed by atoms with van der Waals surface area (Å²) in [5.41, 5.74) is 0. The van der Waals surface area contributed by atoms with Gasteiger partial charge in [0.2, 0.25) is 0 Å². The molecule has 1 atom stereocenters. The quantitative estimate of drug-likeness (QED) is 0.706. The van der Waals surface area contributed by atoms with Gasteiger partial charge in [-0.15, -0.1) is 11.3 Å². The molecule has 16 heavy (non-hydrogen) atoms. The summed E-state index contributed by atoms with van der Waals surface area (Å²) >= 11 is 1.71. The van der Waals surface area contributed by atoms with Crippen LogP contribution in [0.2, 0.25) is 0 Å². The summed E-state index contributed by atoms with van der Waals surface area (Å²) < 4.78 is 5.20. The number of ether oxygens (including phenoxy) is 1. The number of carbonyl (C=O) groups is 1. The molecule has 3 heteroatoms. The number of hydrogen-bond donors (Lipinski definition) is 0. The lowest BCUT2D eigenvalue weighted by atomic mass is 10.0. The van der Waals surface area contributed by atoms with E-state index in [0.717, 1.165) is 6.42 Å². The van der Waals surface area contributed by atoms with Crippen LogP contribution in [0.5, 0.6) is 0 Å². The van der Waals surface area contributed by atoms with Gasteiger partial charge in [-0.1, -0.05) is 26.8 Å². The molecule has 1 aromatic rings. The number of thiophene rings is 1. The molecule has 0 aliphatic rings. The van der Waals surface area contributed by atoms with Gasteiger partial charge < -0.3 is 4.74 Å². The second kappa shape index (κ2) is 6.69. The third kappa shape index (κ3) is 4.35. The number of esters is 1. The van der Waals surface area contributed by atoms with Crippen LogP contribution in [0.3, 0.4) is 0 Å². The Morgan fingerprint density at radius 3 is 2.75 bits per heavy atom. The summed E-state index contributed by atoms with van der Waals surface area (Å²) in [5.74, 6) is 0.652. The van der Waals surface area contributed by atoms with Gasteiger partial charge in [-0.25, -0.2) is 0 Å². The van der Waals surface area contributed by atoms with Gasteiger partial charge in [0, 0.05) is 10.8 Å². The maximum absolute atomic E-state index is 11.6. The summed E-state index contributed by atoms with van der Waals surface area (Å²) in [5, 5.41) is 2.05. The maximum Gasteiger partial charge on any atom is 0.306 e. The minimum absolute atomic E-state index is 0.0750. The molecule has 1 unspecified atom stereocenters. The molecular weight excluding hydrogens is 220 g/mol. The minimum Gasteiger partial charge on any atom is -0.465 e. The summed E-state index contributed by atoms with van der Waals surface area (Å²) in [6.45, 7) is 6.73. The first-order valence-corrected chi connectivity index (χ1v) is 6.70. The van der Waals surface area contributed by atoms with Crippen molar-refractivity contribution in [2.24, 2.45) is 5.92 Å². The molecule has 0 spiro atoms. The number of hydrogen-bond acceptors (Lipinski definition) is 3. The van der Waals surface area contributed by atoms with Crippen LogP contribution >= 0.6 is 11.3 Å². The molecule has 0 aliphatic heterocycles. The van der Waals surface area contributed by atoms with E-state index in [9.17, 15) is 4.79 Å². The molecule has 0 saturated heterocycles. The molecule has 0 saturated carbocycles. The average Bonchev–Trinajstić information content (AvgIpc) is 2.76. The van der Waals surface area contributed by atoms with E-state index < -0.39 is 0 Å². The van der Waals surface area contributed by atoms with Gasteiger partial charge in [-0.3, -0.25) is 4.79 Å². The van der Waals surface area contributed by atoms with Gasteiger partial charge in [0.1, 0.15) is 0 Å². The third-order valence-electron chi connectivity index (χ3n) is 2.43. The molecule has 1 rings (SSSR count). The van der Waals surface area contributed by atoms with Crippen molar-refractivity contribution in [3.05, 3.63) is 22.4 Å². The highest BCUT2D eigenvalue weighted by molar-refractivity contribution is 7.10. The van der Waals surface area contributed by atoms with Gasteiger partial charge >= 0.3 is 5.97 Å². The lowest BCUT2D eigenvalue weighted by molar-refractivity contribution is -0.145. The van der Waals surface area contributed by atoms with E-state index in [0.29, 0.717) is 24.9 Å². The molecule has 1 aromatic heterocycles. The molecule has 0 radical (unpaired) electrons. The van der Waals surface area contributed by atoms with E-state index in [-0.39, 0.29) is 5.97 Å². The van der Waals surface area contributed by atoms with E-state index in [4.69, 9.17) is 4.74 Å². The van der Waals surface area contributed by atoms with Gasteiger partial charge in [-0.2, -0.15) is 0 Å². The Bertz CT molecular complexity index is 304. The van der Waals surface area contributed by atoms with Crippen molar-refractivity contribution in [2.45, 2.75) is 39.5 Å². The Hall–Kier alpha value is -0.830. The highest BCUT2D eigenvalue weighted by atomic mass is 32.1. The minimum atomic E-state index is -0.0750. The molecular formula is C13H20O2S. The predicted octanol–water partition coefficient (Wildman–Crippen LogP) is 3.83. The van der Waals surface area contributed by atoms with Crippen molar-refractivity contribution in [3.8, 4) is 0 Å². The SMILES string of the molecule is CCC(CC(=O)OCC(C)C)c1cccs1. The zero-order valence-electron chi connectivity index (χ0n) is 10.2. The highest BCUT2D eigenvalue weighted by Crippen LogP contribution is 2.27. The molecule has 0 aromatic carbocycles. The molecule has 0 bridgehead atoms. The second-order valence-corrected chi connectivity index (χ2v) is 5.38. The molecule has 0 N–H and O–H groups in total. The Morgan fingerprint density at radius 1 is 1.50 bits per heavy atom. The van der Waals surface area contributed by atoms with Crippen molar-refractivity contribution in [3.63, 3.8) is 0 Å². The van der Waals surface area contributed by atoms with Crippen LogP contribution in [-0.4, -0.2) is 12.6 Å². The van der Waals surface area contributed by atoms with Crippen molar-refractivity contribution < 1.29 is 9.53 Å².